The minimum atomic E-state index is 0.803. The summed E-state index contributed by atoms with van der Waals surface area (Å²) < 4.78 is 0. The third-order valence-corrected chi connectivity index (χ3v) is 3.24. The molecule has 15 heavy (non-hydrogen) atoms. The Morgan fingerprint density at radius 3 is 3.33 bits per heavy atom. The first-order valence-corrected chi connectivity index (χ1v) is 5.54. The lowest BCUT2D eigenvalue weighted by Crippen LogP contribution is -2.10. The summed E-state index contributed by atoms with van der Waals surface area (Å²) in [6.45, 7) is 2.34. The average Bonchev–Trinajstić information content (AvgIpc) is 2.89. The van der Waals surface area contributed by atoms with E-state index in [0.717, 1.165) is 18.0 Å². The molecule has 78 valence electrons. The summed E-state index contributed by atoms with van der Waals surface area (Å²) in [5, 5.41) is 4.74. The largest absolute Gasteiger partial charge is 0.360 e. The van der Waals surface area contributed by atoms with Gasteiger partial charge in [-0.25, -0.2) is 0 Å². The van der Waals surface area contributed by atoms with Crippen molar-refractivity contribution in [2.24, 2.45) is 5.92 Å². The number of hydrogen-bond donors (Lipinski definition) is 2. The van der Waals surface area contributed by atoms with Gasteiger partial charge in [0.2, 0.25) is 0 Å². The molecule has 1 unspecified atom stereocenters. The van der Waals surface area contributed by atoms with Crippen LogP contribution in [-0.4, -0.2) is 23.1 Å². The Bertz CT molecular complexity index is 455. The van der Waals surface area contributed by atoms with Gasteiger partial charge in [0, 0.05) is 17.8 Å². The molecule has 1 atom stereocenters. The van der Waals surface area contributed by atoms with Gasteiger partial charge in [0.05, 0.1) is 11.7 Å². The van der Waals surface area contributed by atoms with Crippen LogP contribution >= 0.6 is 0 Å². The van der Waals surface area contributed by atoms with Gasteiger partial charge in [0.25, 0.3) is 0 Å². The van der Waals surface area contributed by atoms with Crippen molar-refractivity contribution in [3.63, 3.8) is 0 Å². The third-order valence-electron chi connectivity index (χ3n) is 3.24. The highest BCUT2D eigenvalue weighted by atomic mass is 14.9. The van der Waals surface area contributed by atoms with Crippen LogP contribution in [0.2, 0.25) is 0 Å². The van der Waals surface area contributed by atoms with Gasteiger partial charge >= 0.3 is 0 Å². The Balaban J connectivity index is 1.90. The number of H-pyrrole nitrogens is 1. The number of nitrogens with zero attached hydrogens (tertiary/aromatic N) is 1. The molecule has 0 saturated carbocycles. The Morgan fingerprint density at radius 2 is 2.47 bits per heavy atom. The van der Waals surface area contributed by atoms with Crippen LogP contribution in [0.4, 0.5) is 0 Å². The molecule has 1 aliphatic rings. The molecule has 0 bridgehead atoms. The number of fused-ring (bicyclic) bond motifs is 1. The smallest absolute Gasteiger partial charge is 0.0643 e. The number of hydrogen-bond acceptors (Lipinski definition) is 2. The molecule has 0 aliphatic carbocycles. The molecular weight excluding hydrogens is 186 g/mol. The minimum absolute atomic E-state index is 0.803. The van der Waals surface area contributed by atoms with E-state index in [1.807, 2.05) is 12.4 Å². The van der Waals surface area contributed by atoms with E-state index in [1.165, 1.54) is 30.3 Å². The van der Waals surface area contributed by atoms with Gasteiger partial charge in [-0.1, -0.05) is 0 Å². The average molecular weight is 201 g/mol. The second-order valence-electron chi connectivity index (χ2n) is 4.30. The molecule has 3 nitrogen and oxygen atoms in total. The van der Waals surface area contributed by atoms with Crippen LogP contribution in [0.3, 0.4) is 0 Å². The van der Waals surface area contributed by atoms with E-state index in [2.05, 4.69) is 27.5 Å². The predicted molar refractivity (Wildman–Crippen MR) is 60.8 cm³/mol. The topological polar surface area (TPSA) is 40.7 Å². The van der Waals surface area contributed by atoms with Gasteiger partial charge in [0.1, 0.15) is 0 Å². The molecule has 1 fully saturated rings. The lowest BCUT2D eigenvalue weighted by molar-refractivity contribution is 0.582. The van der Waals surface area contributed by atoms with Gasteiger partial charge in [-0.3, -0.25) is 4.98 Å². The Kier molecular flexibility index (Phi) is 2.18. The van der Waals surface area contributed by atoms with E-state index in [4.69, 9.17) is 0 Å². The van der Waals surface area contributed by atoms with Crippen LogP contribution in [0.5, 0.6) is 0 Å². The maximum absolute atomic E-state index is 4.11. The Hall–Kier alpha value is -1.35. The molecule has 2 aromatic heterocycles. The highest BCUT2D eigenvalue weighted by molar-refractivity contribution is 5.82. The monoisotopic (exact) mass is 201 g/mol. The van der Waals surface area contributed by atoms with Gasteiger partial charge in [-0.2, -0.15) is 0 Å². The Morgan fingerprint density at radius 1 is 1.47 bits per heavy atom. The molecule has 3 rings (SSSR count). The second kappa shape index (κ2) is 3.66. The van der Waals surface area contributed by atoms with Crippen molar-refractivity contribution >= 4 is 10.9 Å². The first-order chi connectivity index (χ1) is 7.43. The highest BCUT2D eigenvalue weighted by Gasteiger charge is 2.16. The fourth-order valence-electron chi connectivity index (χ4n) is 2.40. The SMILES string of the molecule is c1cc2c(CC3CCNC3)c[nH]c2cn1. The zero-order chi connectivity index (χ0) is 10.1. The molecule has 0 radical (unpaired) electrons. The molecule has 0 amide bonds. The second-order valence-corrected chi connectivity index (χ2v) is 4.30. The molecule has 1 aliphatic heterocycles. The van der Waals surface area contributed by atoms with Crippen LogP contribution < -0.4 is 5.32 Å². The molecule has 0 spiro atoms. The van der Waals surface area contributed by atoms with Crippen molar-refractivity contribution in [1.29, 1.82) is 0 Å². The molecule has 2 N–H and O–H groups in total. The van der Waals surface area contributed by atoms with Gasteiger partial charge < -0.3 is 10.3 Å². The highest BCUT2D eigenvalue weighted by Crippen LogP contribution is 2.22. The van der Waals surface area contributed by atoms with E-state index >= 15 is 0 Å². The predicted octanol–water partition coefficient (Wildman–Crippen LogP) is 1.71. The van der Waals surface area contributed by atoms with E-state index in [0.29, 0.717) is 0 Å². The van der Waals surface area contributed by atoms with Crippen LogP contribution in [0, 0.1) is 5.92 Å². The lowest BCUT2D eigenvalue weighted by Gasteiger charge is -2.06. The Labute approximate surface area is 88.9 Å². The summed E-state index contributed by atoms with van der Waals surface area (Å²) in [5.41, 5.74) is 2.58. The van der Waals surface area contributed by atoms with Crippen LogP contribution in [0.1, 0.15) is 12.0 Å². The van der Waals surface area contributed by atoms with Gasteiger partial charge in [-0.05, 0) is 43.5 Å². The number of pyridine rings is 1. The van der Waals surface area contributed by atoms with Crippen LogP contribution in [0.15, 0.2) is 24.7 Å². The van der Waals surface area contributed by atoms with E-state index in [9.17, 15) is 0 Å². The number of aromatic amines is 1. The standard InChI is InChI=1S/C12H15N3/c1-3-13-6-9(1)5-10-7-15-12-8-14-4-2-11(10)12/h2,4,7-9,13,15H,1,3,5-6H2. The molecule has 0 aromatic carbocycles. The fourth-order valence-corrected chi connectivity index (χ4v) is 2.40. The van der Waals surface area contributed by atoms with Crippen molar-refractivity contribution in [3.8, 4) is 0 Å². The molecule has 3 heteroatoms. The number of nitrogens with one attached hydrogen (secondary N) is 2. The zero-order valence-electron chi connectivity index (χ0n) is 8.66. The minimum Gasteiger partial charge on any atom is -0.360 e. The van der Waals surface area contributed by atoms with E-state index in [1.54, 1.807) is 0 Å². The quantitative estimate of drug-likeness (QED) is 0.776. The van der Waals surface area contributed by atoms with Gasteiger partial charge in [0.15, 0.2) is 0 Å². The summed E-state index contributed by atoms with van der Waals surface area (Å²) in [6.07, 6.45) is 8.37. The van der Waals surface area contributed by atoms with Crippen molar-refractivity contribution in [1.82, 2.24) is 15.3 Å². The van der Waals surface area contributed by atoms with E-state index < -0.39 is 0 Å². The van der Waals surface area contributed by atoms with E-state index in [-0.39, 0.29) is 0 Å². The third kappa shape index (κ3) is 1.63. The summed E-state index contributed by atoms with van der Waals surface area (Å²) in [6, 6.07) is 2.10. The number of aromatic nitrogens is 2. The molecule has 2 aromatic rings. The van der Waals surface area contributed by atoms with Crippen molar-refractivity contribution in [3.05, 3.63) is 30.2 Å². The summed E-state index contributed by atoms with van der Waals surface area (Å²) in [7, 11) is 0. The maximum atomic E-state index is 4.11. The zero-order valence-corrected chi connectivity index (χ0v) is 8.66. The summed E-state index contributed by atoms with van der Waals surface area (Å²) in [5.74, 6) is 0.803. The first-order valence-electron chi connectivity index (χ1n) is 5.54. The normalized spacial score (nSPS) is 21.2. The van der Waals surface area contributed by atoms with Crippen molar-refractivity contribution < 1.29 is 0 Å². The molecule has 3 heterocycles. The van der Waals surface area contributed by atoms with Crippen LogP contribution in [-0.2, 0) is 6.42 Å². The lowest BCUT2D eigenvalue weighted by atomic mass is 9.99. The summed E-state index contributed by atoms with van der Waals surface area (Å²) >= 11 is 0. The van der Waals surface area contributed by atoms with Crippen molar-refractivity contribution in [2.45, 2.75) is 12.8 Å². The van der Waals surface area contributed by atoms with Gasteiger partial charge in [-0.15, -0.1) is 0 Å². The first kappa shape index (κ1) is 8.92. The fraction of sp³-hybridized carbons (Fsp3) is 0.417. The summed E-state index contributed by atoms with van der Waals surface area (Å²) in [4.78, 5) is 7.39. The van der Waals surface area contributed by atoms with Crippen molar-refractivity contribution in [2.75, 3.05) is 13.1 Å². The number of rotatable bonds is 2. The molecular formula is C12H15N3. The van der Waals surface area contributed by atoms with Crippen LogP contribution in [0.25, 0.3) is 10.9 Å². The maximum Gasteiger partial charge on any atom is 0.0643 e. The molecule has 1 saturated heterocycles.